The molecule has 1 aromatic carbocycles. The number of ether oxygens (including phenoxy) is 1. The van der Waals surface area contributed by atoms with Gasteiger partial charge in [0.15, 0.2) is 0 Å². The van der Waals surface area contributed by atoms with Crippen LogP contribution in [-0.4, -0.2) is 97.0 Å². The summed E-state index contributed by atoms with van der Waals surface area (Å²) in [5.41, 5.74) is 5.75. The third kappa shape index (κ3) is 7.38. The topological polar surface area (TPSA) is 103 Å². The number of hydrogen-bond donors (Lipinski definition) is 2. The second kappa shape index (κ2) is 13.2. The van der Waals surface area contributed by atoms with E-state index < -0.39 is 0 Å². The molecule has 1 amide bonds. The van der Waals surface area contributed by atoms with Gasteiger partial charge in [0.25, 0.3) is 0 Å². The second-order valence-electron chi connectivity index (χ2n) is 10.3. The minimum Gasteiger partial charge on any atom is -0.494 e. The lowest BCUT2D eigenvalue weighted by atomic mass is 10.2. The number of rotatable bonds is 12. The Balaban J connectivity index is 1.68. The molecule has 4 rings (SSSR count). The molecule has 3 aromatic heterocycles. The van der Waals surface area contributed by atoms with Crippen molar-refractivity contribution in [1.82, 2.24) is 29.2 Å². The number of fused-ring (bicyclic) bond motifs is 1. The molecule has 0 radical (unpaired) electrons. The van der Waals surface area contributed by atoms with Crippen LogP contribution in [0.4, 0.5) is 23.0 Å². The van der Waals surface area contributed by atoms with E-state index in [1.54, 1.807) is 25.6 Å². The van der Waals surface area contributed by atoms with Crippen molar-refractivity contribution in [3.8, 4) is 17.1 Å². The quantitative estimate of drug-likeness (QED) is 0.251. The molecule has 0 aliphatic rings. The van der Waals surface area contributed by atoms with Gasteiger partial charge < -0.3 is 34.5 Å². The number of hydrogen-bond acceptors (Lipinski definition) is 9. The van der Waals surface area contributed by atoms with Gasteiger partial charge in [-0.25, -0.2) is 9.97 Å². The average molecular weight is 558 g/mol. The van der Waals surface area contributed by atoms with E-state index in [0.29, 0.717) is 29.6 Å². The largest absolute Gasteiger partial charge is 0.494 e. The second-order valence-corrected chi connectivity index (χ2v) is 10.3. The van der Waals surface area contributed by atoms with Crippen molar-refractivity contribution in [2.45, 2.75) is 6.92 Å². The van der Waals surface area contributed by atoms with Crippen molar-refractivity contribution in [1.29, 1.82) is 0 Å². The summed E-state index contributed by atoms with van der Waals surface area (Å²) in [4.78, 5) is 32.6. The number of nitrogens with zero attached hydrogens (tertiary/aromatic N) is 7. The molecule has 0 spiro atoms. The smallest absolute Gasteiger partial charge is 0.248 e. The van der Waals surface area contributed by atoms with E-state index in [1.165, 1.54) is 0 Å². The van der Waals surface area contributed by atoms with E-state index in [2.05, 4.69) is 34.8 Å². The van der Waals surface area contributed by atoms with Gasteiger partial charge in [0.2, 0.25) is 11.9 Å². The standard InChI is InChI=1S/C30H39N9O2/c1-21-25-10-11-26(39(25)16-14-31-21)22-12-13-32-30(34-22)35-24-19-23(33-29(40)9-8-15-36(2)3)27(20-28(24)41-7)38(6)18-17-37(4)5/h8-14,16,19-20H,15,17-18H2,1-7H3,(H,33,40)(H,32,34,35)/b9-8+. The van der Waals surface area contributed by atoms with Crippen molar-refractivity contribution < 1.29 is 9.53 Å². The van der Waals surface area contributed by atoms with Gasteiger partial charge >= 0.3 is 0 Å². The number of benzene rings is 1. The van der Waals surface area contributed by atoms with Crippen LogP contribution in [0.25, 0.3) is 16.9 Å². The Morgan fingerprint density at radius 3 is 2.54 bits per heavy atom. The molecule has 0 aliphatic heterocycles. The van der Waals surface area contributed by atoms with Gasteiger partial charge in [0.1, 0.15) is 5.75 Å². The number of anilines is 4. The summed E-state index contributed by atoms with van der Waals surface area (Å²) in [6.45, 7) is 4.25. The SMILES string of the molecule is COc1cc(N(C)CCN(C)C)c(NC(=O)/C=C/CN(C)C)cc1Nc1nccc(-c2ccc3c(C)nccn23)n1. The molecule has 216 valence electrons. The molecule has 0 saturated heterocycles. The summed E-state index contributed by atoms with van der Waals surface area (Å²) < 4.78 is 7.82. The van der Waals surface area contributed by atoms with Gasteiger partial charge in [-0.15, -0.1) is 0 Å². The molecule has 11 heteroatoms. The molecule has 3 heterocycles. The van der Waals surface area contributed by atoms with Crippen molar-refractivity contribution in [3.05, 3.63) is 66.8 Å². The van der Waals surface area contributed by atoms with E-state index in [0.717, 1.165) is 41.4 Å². The maximum atomic E-state index is 12.8. The van der Waals surface area contributed by atoms with Crippen molar-refractivity contribution in [2.75, 3.05) is 77.5 Å². The van der Waals surface area contributed by atoms with E-state index in [9.17, 15) is 4.79 Å². The van der Waals surface area contributed by atoms with Gasteiger partial charge in [-0.1, -0.05) is 6.08 Å². The van der Waals surface area contributed by atoms with Crippen LogP contribution >= 0.6 is 0 Å². The summed E-state index contributed by atoms with van der Waals surface area (Å²) in [6, 6.07) is 9.69. The molecule has 4 aromatic rings. The maximum Gasteiger partial charge on any atom is 0.248 e. The number of aromatic nitrogens is 4. The van der Waals surface area contributed by atoms with Crippen LogP contribution in [0.3, 0.4) is 0 Å². The van der Waals surface area contributed by atoms with Crippen LogP contribution in [0, 0.1) is 6.92 Å². The zero-order valence-corrected chi connectivity index (χ0v) is 24.8. The Hall–Kier alpha value is -4.48. The van der Waals surface area contributed by atoms with Crippen LogP contribution in [-0.2, 0) is 4.79 Å². The summed E-state index contributed by atoms with van der Waals surface area (Å²) in [5, 5.41) is 6.35. The molecular weight excluding hydrogens is 518 g/mol. The lowest BCUT2D eigenvalue weighted by Gasteiger charge is -2.26. The predicted octanol–water partition coefficient (Wildman–Crippen LogP) is 3.91. The van der Waals surface area contributed by atoms with E-state index in [-0.39, 0.29) is 5.91 Å². The number of carbonyl (C=O) groups is 1. The van der Waals surface area contributed by atoms with Gasteiger partial charge in [-0.2, -0.15) is 0 Å². The highest BCUT2D eigenvalue weighted by Crippen LogP contribution is 2.38. The Morgan fingerprint density at radius 2 is 1.80 bits per heavy atom. The molecule has 41 heavy (non-hydrogen) atoms. The normalized spacial score (nSPS) is 11.5. The first-order chi connectivity index (χ1) is 19.7. The van der Waals surface area contributed by atoms with Crippen molar-refractivity contribution in [3.63, 3.8) is 0 Å². The number of nitrogens with one attached hydrogen (secondary N) is 2. The number of carbonyl (C=O) groups excluding carboxylic acids is 1. The predicted molar refractivity (Wildman–Crippen MR) is 165 cm³/mol. The average Bonchev–Trinajstić information content (AvgIpc) is 3.37. The molecule has 0 fully saturated rings. The molecule has 0 saturated carbocycles. The van der Waals surface area contributed by atoms with Gasteiger partial charge in [-0.05, 0) is 59.4 Å². The van der Waals surface area contributed by atoms with Crippen LogP contribution in [0.2, 0.25) is 0 Å². The Kier molecular flexibility index (Phi) is 9.53. The van der Waals surface area contributed by atoms with Crippen molar-refractivity contribution in [2.24, 2.45) is 0 Å². The van der Waals surface area contributed by atoms with Gasteiger partial charge in [0.05, 0.1) is 46.8 Å². The molecule has 0 atom stereocenters. The summed E-state index contributed by atoms with van der Waals surface area (Å²) in [7, 11) is 11.6. The molecular formula is C30H39N9O2. The highest BCUT2D eigenvalue weighted by Gasteiger charge is 2.17. The monoisotopic (exact) mass is 557 g/mol. The van der Waals surface area contributed by atoms with E-state index >= 15 is 0 Å². The molecule has 0 aliphatic carbocycles. The Labute approximate surface area is 241 Å². The number of amides is 1. The van der Waals surface area contributed by atoms with E-state index in [1.807, 2.05) is 89.7 Å². The summed E-state index contributed by atoms with van der Waals surface area (Å²) >= 11 is 0. The molecule has 0 unspecified atom stereocenters. The fraction of sp³-hybridized carbons (Fsp3) is 0.333. The molecule has 0 bridgehead atoms. The molecule has 2 N–H and O–H groups in total. The Bertz CT molecular complexity index is 1530. The van der Waals surface area contributed by atoms with Crippen LogP contribution in [0.15, 0.2) is 61.1 Å². The van der Waals surface area contributed by atoms with Crippen LogP contribution in [0.5, 0.6) is 5.75 Å². The highest BCUT2D eigenvalue weighted by atomic mass is 16.5. The molecule has 11 nitrogen and oxygen atoms in total. The van der Waals surface area contributed by atoms with Gasteiger partial charge in [0, 0.05) is 57.4 Å². The summed E-state index contributed by atoms with van der Waals surface area (Å²) in [5.74, 6) is 0.786. The first kappa shape index (κ1) is 29.5. The Morgan fingerprint density at radius 1 is 1.00 bits per heavy atom. The number of methoxy groups -OCH3 is 1. The highest BCUT2D eigenvalue weighted by molar-refractivity contribution is 6.02. The minimum absolute atomic E-state index is 0.214. The zero-order valence-electron chi connectivity index (χ0n) is 24.8. The first-order valence-corrected chi connectivity index (χ1v) is 13.4. The minimum atomic E-state index is -0.214. The lowest BCUT2D eigenvalue weighted by Crippen LogP contribution is -2.29. The summed E-state index contributed by atoms with van der Waals surface area (Å²) in [6.07, 6.45) is 8.79. The van der Waals surface area contributed by atoms with Gasteiger partial charge in [-0.3, -0.25) is 9.78 Å². The van der Waals surface area contributed by atoms with Crippen molar-refractivity contribution >= 4 is 34.4 Å². The van der Waals surface area contributed by atoms with Crippen LogP contribution < -0.4 is 20.3 Å². The zero-order chi connectivity index (χ0) is 29.5. The number of aryl methyl sites for hydroxylation is 1. The van der Waals surface area contributed by atoms with Crippen LogP contribution in [0.1, 0.15) is 5.69 Å². The maximum absolute atomic E-state index is 12.8. The third-order valence-electron chi connectivity index (χ3n) is 6.55. The lowest BCUT2D eigenvalue weighted by molar-refractivity contribution is -0.111. The third-order valence-corrected chi connectivity index (χ3v) is 6.55. The fourth-order valence-electron chi connectivity index (χ4n) is 4.34. The first-order valence-electron chi connectivity index (χ1n) is 13.4. The van der Waals surface area contributed by atoms with E-state index in [4.69, 9.17) is 9.72 Å². The number of likely N-dealkylation sites (N-methyl/N-ethyl adjacent to an activating group) is 3. The fourth-order valence-corrected chi connectivity index (χ4v) is 4.34.